The van der Waals surface area contributed by atoms with Gasteiger partial charge in [-0.15, -0.1) is 0 Å². The minimum atomic E-state index is -4.16. The van der Waals surface area contributed by atoms with Crippen LogP contribution in [0.3, 0.4) is 0 Å². The summed E-state index contributed by atoms with van der Waals surface area (Å²) >= 11 is 6.26. The van der Waals surface area contributed by atoms with Crippen molar-refractivity contribution in [2.75, 3.05) is 6.54 Å². The Labute approximate surface area is 198 Å². The maximum Gasteiger partial charge on any atom is 0.269 e. The largest absolute Gasteiger partial charge is 0.352 e. The van der Waals surface area contributed by atoms with E-state index in [1.54, 1.807) is 37.3 Å². The van der Waals surface area contributed by atoms with E-state index in [1.807, 2.05) is 13.8 Å². The molecule has 0 saturated carbocycles. The second-order valence-electron chi connectivity index (χ2n) is 7.92. The van der Waals surface area contributed by atoms with Crippen LogP contribution >= 0.6 is 11.6 Å². The van der Waals surface area contributed by atoms with Gasteiger partial charge in [-0.05, 0) is 44.0 Å². The standard InChI is InChI=1S/C23H26ClN3O5S/c1-4-15(2)25-22(29)16(3)26(13-17-9-5-7-11-19(17)24)21(28)14-27-23(30)18-10-6-8-12-20(18)33(27,31)32/h5-12,15-16H,4,13-14H2,1-3H3,(H,25,29)/t15-,16+/m1/s1. The maximum atomic E-state index is 13.3. The van der Waals surface area contributed by atoms with Crippen molar-refractivity contribution >= 4 is 39.3 Å². The topological polar surface area (TPSA) is 104 Å². The van der Waals surface area contributed by atoms with Crippen LogP contribution in [0.4, 0.5) is 0 Å². The molecule has 10 heteroatoms. The van der Waals surface area contributed by atoms with Gasteiger partial charge in [-0.2, -0.15) is 0 Å². The first kappa shape index (κ1) is 24.7. The first-order valence-corrected chi connectivity index (χ1v) is 12.4. The van der Waals surface area contributed by atoms with Crippen LogP contribution in [0, 0.1) is 0 Å². The molecule has 1 N–H and O–H groups in total. The normalized spacial score (nSPS) is 16.1. The van der Waals surface area contributed by atoms with E-state index in [0.29, 0.717) is 21.3 Å². The van der Waals surface area contributed by atoms with Crippen LogP contribution in [-0.4, -0.2) is 54.0 Å². The summed E-state index contributed by atoms with van der Waals surface area (Å²) in [4.78, 5) is 40.0. The molecule has 0 fully saturated rings. The third kappa shape index (κ3) is 5.04. The van der Waals surface area contributed by atoms with E-state index in [4.69, 9.17) is 11.6 Å². The molecule has 3 amide bonds. The number of benzene rings is 2. The Morgan fingerprint density at radius 2 is 1.73 bits per heavy atom. The summed E-state index contributed by atoms with van der Waals surface area (Å²) < 4.78 is 26.3. The van der Waals surface area contributed by atoms with Crippen LogP contribution < -0.4 is 5.32 Å². The van der Waals surface area contributed by atoms with E-state index >= 15 is 0 Å². The van der Waals surface area contributed by atoms with Crippen LogP contribution in [0.15, 0.2) is 53.4 Å². The highest BCUT2D eigenvalue weighted by Crippen LogP contribution is 2.30. The molecule has 0 saturated heterocycles. The van der Waals surface area contributed by atoms with Crippen molar-refractivity contribution in [1.82, 2.24) is 14.5 Å². The lowest BCUT2D eigenvalue weighted by molar-refractivity contribution is -0.140. The van der Waals surface area contributed by atoms with Crippen LogP contribution in [0.1, 0.15) is 43.1 Å². The Balaban J connectivity index is 1.90. The summed E-state index contributed by atoms with van der Waals surface area (Å²) in [5, 5.41) is 3.24. The Morgan fingerprint density at radius 1 is 1.09 bits per heavy atom. The molecule has 0 aromatic heterocycles. The van der Waals surface area contributed by atoms with Gasteiger partial charge in [0.1, 0.15) is 17.5 Å². The SMILES string of the molecule is CC[C@@H](C)NC(=O)[C@H](C)N(Cc1ccccc1Cl)C(=O)CN1C(=O)c2ccccc2S1(=O)=O. The highest BCUT2D eigenvalue weighted by Gasteiger charge is 2.43. The predicted molar refractivity (Wildman–Crippen MR) is 124 cm³/mol. The highest BCUT2D eigenvalue weighted by molar-refractivity contribution is 7.90. The number of hydrogen-bond donors (Lipinski definition) is 1. The van der Waals surface area contributed by atoms with Gasteiger partial charge in [0.15, 0.2) is 0 Å². The van der Waals surface area contributed by atoms with E-state index < -0.39 is 34.4 Å². The molecule has 2 atom stereocenters. The zero-order chi connectivity index (χ0) is 24.3. The molecule has 1 aliphatic rings. The third-order valence-electron chi connectivity index (χ3n) is 5.66. The molecular formula is C23H26ClN3O5S. The summed E-state index contributed by atoms with van der Waals surface area (Å²) in [5.41, 5.74) is 0.611. The zero-order valence-corrected chi connectivity index (χ0v) is 20.2. The minimum absolute atomic E-state index is 0.0190. The fourth-order valence-corrected chi connectivity index (χ4v) is 5.17. The minimum Gasteiger partial charge on any atom is -0.352 e. The molecule has 3 rings (SSSR count). The van der Waals surface area contributed by atoms with Gasteiger partial charge in [0, 0.05) is 17.6 Å². The number of halogens is 1. The number of carbonyl (C=O) groups is 3. The number of nitrogens with one attached hydrogen (secondary N) is 1. The van der Waals surface area contributed by atoms with Crippen molar-refractivity contribution in [2.45, 2.75) is 50.7 Å². The lowest BCUT2D eigenvalue weighted by atomic mass is 10.1. The number of amides is 3. The van der Waals surface area contributed by atoms with Gasteiger partial charge < -0.3 is 10.2 Å². The Bertz CT molecular complexity index is 1180. The van der Waals surface area contributed by atoms with Crippen molar-refractivity contribution in [3.05, 3.63) is 64.7 Å². The Morgan fingerprint density at radius 3 is 2.36 bits per heavy atom. The monoisotopic (exact) mass is 491 g/mol. The van der Waals surface area contributed by atoms with Crippen molar-refractivity contribution < 1.29 is 22.8 Å². The first-order chi connectivity index (χ1) is 15.6. The smallest absolute Gasteiger partial charge is 0.269 e. The number of hydrogen-bond acceptors (Lipinski definition) is 5. The van der Waals surface area contributed by atoms with Crippen LogP contribution in [-0.2, 0) is 26.2 Å². The average molecular weight is 492 g/mol. The fraction of sp³-hybridized carbons (Fsp3) is 0.348. The summed E-state index contributed by atoms with van der Waals surface area (Å²) in [6.45, 7) is 4.58. The maximum absolute atomic E-state index is 13.3. The van der Waals surface area contributed by atoms with Crippen molar-refractivity contribution in [1.29, 1.82) is 0 Å². The summed E-state index contributed by atoms with van der Waals surface area (Å²) in [5.74, 6) is -1.84. The molecule has 1 aliphatic heterocycles. The first-order valence-electron chi connectivity index (χ1n) is 10.6. The second-order valence-corrected chi connectivity index (χ2v) is 10.2. The molecule has 0 unspecified atom stereocenters. The summed E-state index contributed by atoms with van der Waals surface area (Å²) in [6, 6.07) is 11.6. The molecule has 0 radical (unpaired) electrons. The van der Waals surface area contributed by atoms with E-state index in [1.165, 1.54) is 23.1 Å². The zero-order valence-electron chi connectivity index (χ0n) is 18.6. The molecule has 0 bridgehead atoms. The van der Waals surface area contributed by atoms with Crippen molar-refractivity contribution in [2.24, 2.45) is 0 Å². The molecule has 2 aromatic carbocycles. The molecule has 1 heterocycles. The van der Waals surface area contributed by atoms with E-state index in [2.05, 4.69) is 5.32 Å². The van der Waals surface area contributed by atoms with Gasteiger partial charge in [0.2, 0.25) is 11.8 Å². The fourth-order valence-electron chi connectivity index (χ4n) is 3.46. The number of fused-ring (bicyclic) bond motifs is 1. The Kier molecular flexibility index (Phi) is 7.44. The van der Waals surface area contributed by atoms with Gasteiger partial charge in [0.25, 0.3) is 15.9 Å². The highest BCUT2D eigenvalue weighted by atomic mass is 35.5. The number of nitrogens with zero attached hydrogens (tertiary/aromatic N) is 2. The molecule has 2 aromatic rings. The predicted octanol–water partition coefficient (Wildman–Crippen LogP) is 2.82. The average Bonchev–Trinajstić information content (AvgIpc) is 2.98. The van der Waals surface area contributed by atoms with Crippen molar-refractivity contribution in [3.8, 4) is 0 Å². The van der Waals surface area contributed by atoms with Crippen LogP contribution in [0.25, 0.3) is 0 Å². The van der Waals surface area contributed by atoms with Crippen LogP contribution in [0.5, 0.6) is 0 Å². The van der Waals surface area contributed by atoms with E-state index in [9.17, 15) is 22.8 Å². The molecule has 0 aliphatic carbocycles. The number of rotatable bonds is 8. The second kappa shape index (κ2) is 9.93. The number of carbonyl (C=O) groups excluding carboxylic acids is 3. The lowest BCUT2D eigenvalue weighted by Crippen LogP contribution is -2.52. The van der Waals surface area contributed by atoms with Crippen LogP contribution in [0.2, 0.25) is 5.02 Å². The summed E-state index contributed by atoms with van der Waals surface area (Å²) in [6.07, 6.45) is 0.704. The third-order valence-corrected chi connectivity index (χ3v) is 7.81. The van der Waals surface area contributed by atoms with E-state index in [0.717, 1.165) is 0 Å². The van der Waals surface area contributed by atoms with Gasteiger partial charge in [-0.25, -0.2) is 12.7 Å². The molecule has 176 valence electrons. The van der Waals surface area contributed by atoms with Gasteiger partial charge in [-0.3, -0.25) is 14.4 Å². The molecule has 8 nitrogen and oxygen atoms in total. The lowest BCUT2D eigenvalue weighted by Gasteiger charge is -2.31. The van der Waals surface area contributed by atoms with E-state index in [-0.39, 0.29) is 29.0 Å². The molecular weight excluding hydrogens is 466 g/mol. The van der Waals surface area contributed by atoms with Gasteiger partial charge in [-0.1, -0.05) is 48.9 Å². The van der Waals surface area contributed by atoms with Gasteiger partial charge >= 0.3 is 0 Å². The quantitative estimate of drug-likeness (QED) is 0.611. The number of sulfonamides is 1. The Hall–Kier alpha value is -2.91. The van der Waals surface area contributed by atoms with Gasteiger partial charge in [0.05, 0.1) is 5.56 Å². The van der Waals surface area contributed by atoms with Crippen molar-refractivity contribution in [3.63, 3.8) is 0 Å². The summed E-state index contributed by atoms with van der Waals surface area (Å²) in [7, 11) is -4.16. The molecule has 0 spiro atoms. The molecule has 33 heavy (non-hydrogen) atoms.